The Labute approximate surface area is 158 Å². The molecule has 0 fully saturated rings. The molecule has 0 aliphatic carbocycles. The van der Waals surface area contributed by atoms with Gasteiger partial charge >= 0.3 is 0 Å². The predicted molar refractivity (Wildman–Crippen MR) is 103 cm³/mol. The van der Waals surface area contributed by atoms with E-state index in [2.05, 4.69) is 30.7 Å². The highest BCUT2D eigenvalue weighted by molar-refractivity contribution is 5.79. The van der Waals surface area contributed by atoms with Gasteiger partial charge in [-0.2, -0.15) is 5.10 Å². The van der Waals surface area contributed by atoms with Gasteiger partial charge in [-0.3, -0.25) is 9.67 Å². The summed E-state index contributed by atoms with van der Waals surface area (Å²) in [4.78, 5) is 12.7. The Hall–Kier alpha value is -3.42. The first-order valence-electron chi connectivity index (χ1n) is 8.63. The molecule has 0 spiro atoms. The van der Waals surface area contributed by atoms with Crippen molar-refractivity contribution in [2.24, 2.45) is 12.0 Å². The molecule has 2 N–H and O–H groups in total. The molecule has 0 saturated carbocycles. The van der Waals surface area contributed by atoms with Crippen LogP contribution in [-0.4, -0.2) is 32.8 Å². The minimum absolute atomic E-state index is 0.492. The predicted octanol–water partition coefficient (Wildman–Crippen LogP) is 1.65. The van der Waals surface area contributed by atoms with Crippen LogP contribution in [0, 0.1) is 0 Å². The number of nitrogens with zero attached hydrogens (tertiary/aromatic N) is 5. The summed E-state index contributed by atoms with van der Waals surface area (Å²) in [6, 6.07) is 13.9. The third-order valence-corrected chi connectivity index (χ3v) is 3.93. The van der Waals surface area contributed by atoms with E-state index in [1.165, 1.54) is 6.33 Å². The topological polar surface area (TPSA) is 89.2 Å². The molecule has 2 heterocycles. The largest absolute Gasteiger partial charge is 0.473 e. The normalized spacial score (nSPS) is 11.3. The first-order valence-corrected chi connectivity index (χ1v) is 8.63. The summed E-state index contributed by atoms with van der Waals surface area (Å²) in [7, 11) is 3.58. The summed E-state index contributed by atoms with van der Waals surface area (Å²) < 4.78 is 7.49. The molecule has 0 amide bonds. The van der Waals surface area contributed by atoms with E-state index < -0.39 is 0 Å². The summed E-state index contributed by atoms with van der Waals surface area (Å²) >= 11 is 0. The second kappa shape index (κ2) is 9.33. The van der Waals surface area contributed by atoms with E-state index in [0.29, 0.717) is 31.5 Å². The van der Waals surface area contributed by atoms with Crippen molar-refractivity contribution in [3.8, 4) is 5.88 Å². The highest BCUT2D eigenvalue weighted by Gasteiger charge is 2.04. The van der Waals surface area contributed by atoms with Crippen LogP contribution in [-0.2, 0) is 26.7 Å². The molecule has 0 atom stereocenters. The van der Waals surface area contributed by atoms with E-state index in [9.17, 15) is 0 Å². The summed E-state index contributed by atoms with van der Waals surface area (Å²) in [5, 5.41) is 10.5. The highest BCUT2D eigenvalue weighted by atomic mass is 16.5. The Kier molecular flexibility index (Phi) is 6.35. The van der Waals surface area contributed by atoms with Gasteiger partial charge in [0.1, 0.15) is 18.8 Å². The molecule has 0 bridgehead atoms. The fraction of sp³-hybridized carbons (Fsp3) is 0.263. The number of hydrogen-bond acceptors (Lipinski definition) is 5. The number of guanidine groups is 1. The Balaban J connectivity index is 1.50. The number of hydrogen-bond donors (Lipinski definition) is 2. The van der Waals surface area contributed by atoms with Gasteiger partial charge in [0.15, 0.2) is 5.96 Å². The molecular formula is C19H23N7O. The first-order chi connectivity index (χ1) is 13.2. The lowest BCUT2D eigenvalue weighted by Gasteiger charge is -2.12. The van der Waals surface area contributed by atoms with Gasteiger partial charge in [0.2, 0.25) is 5.88 Å². The Morgan fingerprint density at radius 3 is 2.63 bits per heavy atom. The van der Waals surface area contributed by atoms with Crippen molar-refractivity contribution in [3.63, 3.8) is 0 Å². The van der Waals surface area contributed by atoms with Gasteiger partial charge in [0.25, 0.3) is 0 Å². The summed E-state index contributed by atoms with van der Waals surface area (Å²) in [6.07, 6.45) is 3.27. The number of aryl methyl sites for hydroxylation is 1. The summed E-state index contributed by atoms with van der Waals surface area (Å²) in [6.45, 7) is 1.63. The van der Waals surface area contributed by atoms with Crippen molar-refractivity contribution in [2.75, 3.05) is 7.05 Å². The zero-order chi connectivity index (χ0) is 18.9. The minimum Gasteiger partial charge on any atom is -0.473 e. The highest BCUT2D eigenvalue weighted by Crippen LogP contribution is 2.11. The van der Waals surface area contributed by atoms with E-state index >= 15 is 0 Å². The van der Waals surface area contributed by atoms with E-state index in [4.69, 9.17) is 4.74 Å². The maximum Gasteiger partial charge on any atom is 0.213 e. The zero-order valence-corrected chi connectivity index (χ0v) is 15.5. The molecule has 0 saturated heterocycles. The molecule has 3 rings (SSSR count). The molecule has 27 heavy (non-hydrogen) atoms. The number of pyridine rings is 1. The molecule has 0 radical (unpaired) electrons. The van der Waals surface area contributed by atoms with E-state index in [1.807, 2.05) is 49.5 Å². The maximum atomic E-state index is 5.77. The Bertz CT molecular complexity index is 877. The Morgan fingerprint density at radius 2 is 1.89 bits per heavy atom. The molecule has 8 nitrogen and oxygen atoms in total. The maximum absolute atomic E-state index is 5.77. The lowest BCUT2D eigenvalue weighted by atomic mass is 10.2. The smallest absolute Gasteiger partial charge is 0.213 e. The third kappa shape index (κ3) is 5.53. The van der Waals surface area contributed by atoms with E-state index in [1.54, 1.807) is 17.9 Å². The van der Waals surface area contributed by atoms with Crippen molar-refractivity contribution in [1.29, 1.82) is 0 Å². The minimum atomic E-state index is 0.492. The number of rotatable bonds is 7. The molecule has 8 heteroatoms. The molecule has 0 unspecified atom stereocenters. The molecule has 1 aromatic carbocycles. The molecular weight excluding hydrogens is 342 g/mol. The van der Waals surface area contributed by atoms with Crippen LogP contribution >= 0.6 is 0 Å². The van der Waals surface area contributed by atoms with Gasteiger partial charge in [0.05, 0.1) is 6.54 Å². The van der Waals surface area contributed by atoms with Crippen LogP contribution in [0.15, 0.2) is 60.0 Å². The monoisotopic (exact) mass is 365 g/mol. The van der Waals surface area contributed by atoms with Crippen LogP contribution in [0.4, 0.5) is 0 Å². The van der Waals surface area contributed by atoms with Crippen LogP contribution in [0.2, 0.25) is 0 Å². The molecule has 140 valence electrons. The van der Waals surface area contributed by atoms with Crippen LogP contribution in [0.1, 0.15) is 17.0 Å². The number of nitrogens with one attached hydrogen (secondary N) is 2. The average Bonchev–Trinajstić information content (AvgIpc) is 3.12. The third-order valence-electron chi connectivity index (χ3n) is 3.93. The Morgan fingerprint density at radius 1 is 1.07 bits per heavy atom. The van der Waals surface area contributed by atoms with Crippen molar-refractivity contribution in [1.82, 2.24) is 30.4 Å². The van der Waals surface area contributed by atoms with Gasteiger partial charge in [0, 0.05) is 32.9 Å². The van der Waals surface area contributed by atoms with E-state index in [-0.39, 0.29) is 0 Å². The second-order valence-corrected chi connectivity index (χ2v) is 5.86. The second-order valence-electron chi connectivity index (χ2n) is 5.86. The van der Waals surface area contributed by atoms with Crippen molar-refractivity contribution in [2.45, 2.75) is 19.7 Å². The SMILES string of the molecule is CN=C(NCc1ccnc(OCc2ccccc2)c1)NCc1ncnn1C. The fourth-order valence-electron chi connectivity index (χ4n) is 2.42. The average molecular weight is 365 g/mol. The summed E-state index contributed by atoms with van der Waals surface area (Å²) in [5.74, 6) is 2.11. The van der Waals surface area contributed by atoms with Crippen LogP contribution in [0.3, 0.4) is 0 Å². The molecule has 0 aliphatic rings. The molecule has 3 aromatic rings. The van der Waals surface area contributed by atoms with Crippen molar-refractivity contribution < 1.29 is 4.74 Å². The summed E-state index contributed by atoms with van der Waals surface area (Å²) in [5.41, 5.74) is 2.16. The zero-order valence-electron chi connectivity index (χ0n) is 15.5. The van der Waals surface area contributed by atoms with Crippen LogP contribution < -0.4 is 15.4 Å². The molecule has 0 aliphatic heterocycles. The van der Waals surface area contributed by atoms with Gasteiger partial charge < -0.3 is 15.4 Å². The standard InChI is InChI=1S/C19H23N7O/c1-20-19(23-12-17-24-14-25-26(17)2)22-11-16-8-9-21-18(10-16)27-13-15-6-4-3-5-7-15/h3-10,14H,11-13H2,1-2H3,(H2,20,22,23). The van der Waals surface area contributed by atoms with Gasteiger partial charge in [-0.05, 0) is 17.2 Å². The van der Waals surface area contributed by atoms with Crippen LogP contribution in [0.25, 0.3) is 0 Å². The quantitative estimate of drug-likeness (QED) is 0.489. The fourth-order valence-corrected chi connectivity index (χ4v) is 2.42. The number of aromatic nitrogens is 4. The first kappa shape index (κ1) is 18.4. The van der Waals surface area contributed by atoms with Crippen molar-refractivity contribution in [3.05, 3.63) is 71.9 Å². The van der Waals surface area contributed by atoms with Crippen molar-refractivity contribution >= 4 is 5.96 Å². The lowest BCUT2D eigenvalue weighted by Crippen LogP contribution is -2.36. The lowest BCUT2D eigenvalue weighted by molar-refractivity contribution is 0.293. The number of aliphatic imine (C=N–C) groups is 1. The van der Waals surface area contributed by atoms with Gasteiger partial charge in [-0.1, -0.05) is 30.3 Å². The van der Waals surface area contributed by atoms with Crippen LogP contribution in [0.5, 0.6) is 5.88 Å². The molecule has 2 aromatic heterocycles. The number of benzene rings is 1. The van der Waals surface area contributed by atoms with E-state index in [0.717, 1.165) is 17.0 Å². The number of ether oxygens (including phenoxy) is 1. The van der Waals surface area contributed by atoms with Gasteiger partial charge in [-0.15, -0.1) is 0 Å². The van der Waals surface area contributed by atoms with Gasteiger partial charge in [-0.25, -0.2) is 9.97 Å².